The molecule has 0 aliphatic rings. The first-order valence-electron chi connectivity index (χ1n) is 5.53. The van der Waals surface area contributed by atoms with Crippen LogP contribution < -0.4 is 0 Å². The van der Waals surface area contributed by atoms with E-state index in [1.54, 1.807) is 23.5 Å². The van der Waals surface area contributed by atoms with E-state index in [-0.39, 0.29) is 5.92 Å². The molecule has 2 aromatic rings. The number of hydrogen-bond acceptors (Lipinski definition) is 2. The first kappa shape index (κ1) is 11.9. The molecule has 88 valence electrons. The van der Waals surface area contributed by atoms with Gasteiger partial charge in [-0.15, -0.1) is 11.3 Å². The molecule has 1 atom stereocenters. The Balaban J connectivity index is 2.24. The van der Waals surface area contributed by atoms with Gasteiger partial charge in [-0.1, -0.05) is 31.2 Å². The van der Waals surface area contributed by atoms with Crippen molar-refractivity contribution in [3.63, 3.8) is 0 Å². The Morgan fingerprint density at radius 3 is 2.71 bits per heavy atom. The summed E-state index contributed by atoms with van der Waals surface area (Å²) >= 11 is 1.71. The van der Waals surface area contributed by atoms with Gasteiger partial charge in [0.25, 0.3) is 0 Å². The third-order valence-electron chi connectivity index (χ3n) is 2.81. The molecule has 17 heavy (non-hydrogen) atoms. The molecule has 0 radical (unpaired) electrons. The maximum absolute atomic E-state index is 11.1. The highest BCUT2D eigenvalue weighted by atomic mass is 32.1. The fraction of sp³-hybridized carbons (Fsp3) is 0.214. The van der Waals surface area contributed by atoms with Gasteiger partial charge in [-0.05, 0) is 35.4 Å². The quantitative estimate of drug-likeness (QED) is 0.891. The summed E-state index contributed by atoms with van der Waals surface area (Å²) in [6.45, 7) is 2.07. The minimum atomic E-state index is -0.848. The van der Waals surface area contributed by atoms with Crippen LogP contribution in [0.25, 0.3) is 0 Å². The number of carboxylic acids is 1. The number of thiophene rings is 1. The summed E-state index contributed by atoms with van der Waals surface area (Å²) in [6.07, 6.45) is 0.891. The fourth-order valence-corrected chi connectivity index (χ4v) is 2.80. The molecule has 1 aromatic carbocycles. The van der Waals surface area contributed by atoms with Gasteiger partial charge in [0.2, 0.25) is 0 Å². The van der Waals surface area contributed by atoms with Crippen LogP contribution in [0.3, 0.4) is 0 Å². The molecule has 0 spiro atoms. The highest BCUT2D eigenvalue weighted by Gasteiger charge is 2.15. The average Bonchev–Trinajstić information content (AvgIpc) is 2.81. The Labute approximate surface area is 105 Å². The van der Waals surface area contributed by atoms with E-state index in [0.29, 0.717) is 5.56 Å². The molecule has 0 aliphatic heterocycles. The van der Waals surface area contributed by atoms with Crippen LogP contribution in [0.2, 0.25) is 0 Å². The van der Waals surface area contributed by atoms with E-state index in [1.807, 2.05) is 23.6 Å². The van der Waals surface area contributed by atoms with Gasteiger partial charge in [0.15, 0.2) is 0 Å². The Bertz CT molecular complexity index is 503. The largest absolute Gasteiger partial charge is 0.478 e. The van der Waals surface area contributed by atoms with Crippen molar-refractivity contribution in [2.45, 2.75) is 19.3 Å². The van der Waals surface area contributed by atoms with Crippen LogP contribution >= 0.6 is 11.3 Å². The summed E-state index contributed by atoms with van der Waals surface area (Å²) in [4.78, 5) is 12.4. The molecule has 1 N–H and O–H groups in total. The SMILES string of the molecule is CC(Cc1cccs1)c1ccccc1C(=O)O. The van der Waals surface area contributed by atoms with Crippen LogP contribution in [-0.4, -0.2) is 11.1 Å². The molecule has 0 saturated carbocycles. The highest BCUT2D eigenvalue weighted by molar-refractivity contribution is 7.09. The smallest absolute Gasteiger partial charge is 0.335 e. The molecule has 1 heterocycles. The second-order valence-electron chi connectivity index (χ2n) is 4.08. The third-order valence-corrected chi connectivity index (χ3v) is 3.71. The summed E-state index contributed by atoms with van der Waals surface area (Å²) in [7, 11) is 0. The van der Waals surface area contributed by atoms with E-state index in [1.165, 1.54) is 4.88 Å². The molecule has 2 nitrogen and oxygen atoms in total. The monoisotopic (exact) mass is 246 g/mol. The molecule has 0 fully saturated rings. The van der Waals surface area contributed by atoms with Crippen LogP contribution in [0, 0.1) is 0 Å². The van der Waals surface area contributed by atoms with Crippen LogP contribution in [0.15, 0.2) is 41.8 Å². The molecule has 0 saturated heterocycles. The first-order chi connectivity index (χ1) is 8.18. The molecule has 2 rings (SSSR count). The fourth-order valence-electron chi connectivity index (χ4n) is 1.96. The van der Waals surface area contributed by atoms with Gasteiger partial charge in [-0.3, -0.25) is 0 Å². The molecule has 0 amide bonds. The summed E-state index contributed by atoms with van der Waals surface area (Å²) in [5, 5.41) is 11.2. The zero-order chi connectivity index (χ0) is 12.3. The van der Waals surface area contributed by atoms with Gasteiger partial charge in [0, 0.05) is 4.88 Å². The van der Waals surface area contributed by atoms with Gasteiger partial charge in [0.1, 0.15) is 0 Å². The van der Waals surface area contributed by atoms with Gasteiger partial charge in [0.05, 0.1) is 5.56 Å². The van der Waals surface area contributed by atoms with E-state index in [2.05, 4.69) is 13.0 Å². The number of benzene rings is 1. The van der Waals surface area contributed by atoms with Crippen LogP contribution in [-0.2, 0) is 6.42 Å². The van der Waals surface area contributed by atoms with Crippen molar-refractivity contribution in [3.8, 4) is 0 Å². The van der Waals surface area contributed by atoms with E-state index in [9.17, 15) is 4.79 Å². The summed E-state index contributed by atoms with van der Waals surface area (Å²) < 4.78 is 0. The van der Waals surface area contributed by atoms with Gasteiger partial charge < -0.3 is 5.11 Å². The van der Waals surface area contributed by atoms with Crippen molar-refractivity contribution in [2.75, 3.05) is 0 Å². The zero-order valence-corrected chi connectivity index (χ0v) is 10.4. The van der Waals surface area contributed by atoms with Crippen molar-refractivity contribution in [3.05, 3.63) is 57.8 Å². The average molecular weight is 246 g/mol. The lowest BCUT2D eigenvalue weighted by atomic mass is 9.92. The van der Waals surface area contributed by atoms with E-state index >= 15 is 0 Å². The minimum Gasteiger partial charge on any atom is -0.478 e. The minimum absolute atomic E-state index is 0.223. The van der Waals surface area contributed by atoms with E-state index in [0.717, 1.165) is 12.0 Å². The summed E-state index contributed by atoms with van der Waals surface area (Å²) in [5.74, 6) is -0.625. The van der Waals surface area contributed by atoms with Gasteiger partial charge in [-0.2, -0.15) is 0 Å². The zero-order valence-electron chi connectivity index (χ0n) is 9.59. The molecule has 0 aliphatic carbocycles. The Morgan fingerprint density at radius 2 is 2.06 bits per heavy atom. The van der Waals surface area contributed by atoms with E-state index < -0.39 is 5.97 Å². The maximum Gasteiger partial charge on any atom is 0.335 e. The maximum atomic E-state index is 11.1. The molecular formula is C14H14O2S. The lowest BCUT2D eigenvalue weighted by molar-refractivity contribution is 0.0695. The van der Waals surface area contributed by atoms with E-state index in [4.69, 9.17) is 5.11 Å². The molecule has 1 unspecified atom stereocenters. The predicted octanol–water partition coefficient (Wildman–Crippen LogP) is 3.79. The topological polar surface area (TPSA) is 37.3 Å². The van der Waals surface area contributed by atoms with Gasteiger partial charge in [-0.25, -0.2) is 4.79 Å². The van der Waals surface area contributed by atoms with Crippen molar-refractivity contribution in [1.29, 1.82) is 0 Å². The molecular weight excluding hydrogens is 232 g/mol. The first-order valence-corrected chi connectivity index (χ1v) is 6.41. The Morgan fingerprint density at radius 1 is 1.29 bits per heavy atom. The number of carboxylic acid groups (broad SMARTS) is 1. The van der Waals surface area contributed by atoms with Crippen LogP contribution in [0.1, 0.15) is 33.6 Å². The summed E-state index contributed by atoms with van der Waals surface area (Å²) in [6, 6.07) is 11.3. The second-order valence-corrected chi connectivity index (χ2v) is 5.11. The number of rotatable bonds is 4. The van der Waals surface area contributed by atoms with Crippen molar-refractivity contribution in [2.24, 2.45) is 0 Å². The standard InChI is InChI=1S/C14H14O2S/c1-10(9-11-5-4-8-17-11)12-6-2-3-7-13(12)14(15)16/h2-8,10H,9H2,1H3,(H,15,16). The summed E-state index contributed by atoms with van der Waals surface area (Å²) in [5.41, 5.74) is 1.32. The molecule has 0 bridgehead atoms. The molecule has 1 aromatic heterocycles. The normalized spacial score (nSPS) is 12.3. The number of hydrogen-bond donors (Lipinski definition) is 1. The van der Waals surface area contributed by atoms with Crippen molar-refractivity contribution in [1.82, 2.24) is 0 Å². The lowest BCUT2D eigenvalue weighted by Crippen LogP contribution is -2.06. The number of carbonyl (C=O) groups is 1. The highest BCUT2D eigenvalue weighted by Crippen LogP contribution is 2.25. The third kappa shape index (κ3) is 2.74. The van der Waals surface area contributed by atoms with Crippen LogP contribution in [0.4, 0.5) is 0 Å². The number of aromatic carboxylic acids is 1. The lowest BCUT2D eigenvalue weighted by Gasteiger charge is -2.13. The van der Waals surface area contributed by atoms with Gasteiger partial charge >= 0.3 is 5.97 Å². The molecule has 3 heteroatoms. The van der Waals surface area contributed by atoms with Crippen molar-refractivity contribution < 1.29 is 9.90 Å². The predicted molar refractivity (Wildman–Crippen MR) is 69.8 cm³/mol. The Hall–Kier alpha value is -1.61. The second kappa shape index (κ2) is 5.15. The Kier molecular flexibility index (Phi) is 3.59. The van der Waals surface area contributed by atoms with Crippen LogP contribution in [0.5, 0.6) is 0 Å². The van der Waals surface area contributed by atoms with Crippen molar-refractivity contribution >= 4 is 17.3 Å².